The largest absolute Gasteiger partial charge is 0.325 e. The summed E-state index contributed by atoms with van der Waals surface area (Å²) in [5.41, 5.74) is 3.11. The zero-order chi connectivity index (χ0) is 20.1. The fourth-order valence-electron chi connectivity index (χ4n) is 3.50. The molecule has 0 unspecified atom stereocenters. The van der Waals surface area contributed by atoms with E-state index in [0.717, 1.165) is 28.8 Å². The fraction of sp³-hybridized carbons (Fsp3) is 0.318. The first-order valence-electron chi connectivity index (χ1n) is 9.88. The van der Waals surface area contributed by atoms with Crippen molar-refractivity contribution >= 4 is 23.4 Å². The predicted molar refractivity (Wildman–Crippen MR) is 117 cm³/mol. The molecule has 0 saturated carbocycles. The lowest BCUT2D eigenvalue weighted by Crippen LogP contribution is -2.18. The van der Waals surface area contributed by atoms with Crippen LogP contribution < -0.4 is 5.32 Å². The van der Waals surface area contributed by atoms with E-state index in [2.05, 4.69) is 32.5 Å². The van der Waals surface area contributed by atoms with Crippen molar-refractivity contribution in [2.75, 3.05) is 24.2 Å². The van der Waals surface area contributed by atoms with Gasteiger partial charge in [0.1, 0.15) is 0 Å². The molecule has 7 heteroatoms. The third-order valence-electron chi connectivity index (χ3n) is 5.04. The molecule has 1 aliphatic rings. The smallest absolute Gasteiger partial charge is 0.234 e. The van der Waals surface area contributed by atoms with Gasteiger partial charge in [0, 0.05) is 24.8 Å². The van der Waals surface area contributed by atoms with E-state index in [4.69, 9.17) is 0 Å². The first-order chi connectivity index (χ1) is 14.2. The summed E-state index contributed by atoms with van der Waals surface area (Å²) in [6.45, 7) is 3.35. The van der Waals surface area contributed by atoms with Crippen LogP contribution in [-0.4, -0.2) is 44.4 Å². The Balaban J connectivity index is 1.29. The highest BCUT2D eigenvalue weighted by molar-refractivity contribution is 7.99. The molecule has 3 aromatic rings. The SMILES string of the molecule is Cn1c(SCC(=O)Nc2ccc(CN3CCCC3)cc2)nnc1-c1ccccc1. The quantitative estimate of drug-likeness (QED) is 0.604. The number of aromatic nitrogens is 3. The van der Waals surface area contributed by atoms with E-state index in [1.54, 1.807) is 0 Å². The van der Waals surface area contributed by atoms with Crippen molar-refractivity contribution < 1.29 is 4.79 Å². The number of anilines is 1. The highest BCUT2D eigenvalue weighted by Crippen LogP contribution is 2.22. The van der Waals surface area contributed by atoms with E-state index in [9.17, 15) is 4.79 Å². The van der Waals surface area contributed by atoms with E-state index < -0.39 is 0 Å². The Labute approximate surface area is 175 Å². The first-order valence-corrected chi connectivity index (χ1v) is 10.9. The maximum absolute atomic E-state index is 12.3. The van der Waals surface area contributed by atoms with Crippen molar-refractivity contribution in [2.45, 2.75) is 24.5 Å². The van der Waals surface area contributed by atoms with E-state index in [1.807, 2.05) is 54.1 Å². The Morgan fingerprint density at radius 3 is 2.48 bits per heavy atom. The van der Waals surface area contributed by atoms with Crippen LogP contribution in [0.3, 0.4) is 0 Å². The zero-order valence-electron chi connectivity index (χ0n) is 16.5. The van der Waals surface area contributed by atoms with Crippen molar-refractivity contribution in [1.29, 1.82) is 0 Å². The average molecular weight is 408 g/mol. The molecule has 1 saturated heterocycles. The Hall–Kier alpha value is -2.64. The zero-order valence-corrected chi connectivity index (χ0v) is 17.4. The van der Waals surface area contributed by atoms with Gasteiger partial charge in [-0.05, 0) is 43.6 Å². The van der Waals surface area contributed by atoms with Crippen LogP contribution in [0.25, 0.3) is 11.4 Å². The fourth-order valence-corrected chi connectivity index (χ4v) is 4.21. The molecule has 29 heavy (non-hydrogen) atoms. The number of hydrogen-bond acceptors (Lipinski definition) is 5. The number of rotatable bonds is 7. The van der Waals surface area contributed by atoms with Crippen LogP contribution in [0.15, 0.2) is 59.8 Å². The van der Waals surface area contributed by atoms with Crippen LogP contribution in [0, 0.1) is 0 Å². The molecule has 150 valence electrons. The third kappa shape index (κ3) is 5.05. The van der Waals surface area contributed by atoms with Gasteiger partial charge in [0.15, 0.2) is 11.0 Å². The highest BCUT2D eigenvalue weighted by atomic mass is 32.2. The lowest BCUT2D eigenvalue weighted by Gasteiger charge is -2.14. The topological polar surface area (TPSA) is 63.1 Å². The summed E-state index contributed by atoms with van der Waals surface area (Å²) in [6.07, 6.45) is 2.59. The Morgan fingerprint density at radius 2 is 1.76 bits per heavy atom. The summed E-state index contributed by atoms with van der Waals surface area (Å²) in [5.74, 6) is 1.03. The maximum atomic E-state index is 12.3. The van der Waals surface area contributed by atoms with Crippen molar-refractivity contribution in [1.82, 2.24) is 19.7 Å². The summed E-state index contributed by atoms with van der Waals surface area (Å²) in [5, 5.41) is 12.2. The van der Waals surface area contributed by atoms with Crippen molar-refractivity contribution in [3.05, 3.63) is 60.2 Å². The van der Waals surface area contributed by atoms with E-state index in [-0.39, 0.29) is 11.7 Å². The van der Waals surface area contributed by atoms with Gasteiger partial charge in [-0.2, -0.15) is 0 Å². The van der Waals surface area contributed by atoms with E-state index >= 15 is 0 Å². The normalized spacial score (nSPS) is 14.2. The van der Waals surface area contributed by atoms with Crippen molar-refractivity contribution in [2.24, 2.45) is 7.05 Å². The van der Waals surface area contributed by atoms with Gasteiger partial charge in [-0.3, -0.25) is 9.69 Å². The predicted octanol–water partition coefficient (Wildman–Crippen LogP) is 3.81. The minimum atomic E-state index is -0.0495. The minimum Gasteiger partial charge on any atom is -0.325 e. The molecule has 0 spiro atoms. The highest BCUT2D eigenvalue weighted by Gasteiger charge is 2.14. The van der Waals surface area contributed by atoms with E-state index in [1.165, 1.54) is 43.3 Å². The van der Waals surface area contributed by atoms with Gasteiger partial charge >= 0.3 is 0 Å². The Morgan fingerprint density at radius 1 is 1.03 bits per heavy atom. The molecule has 1 aliphatic heterocycles. The number of carbonyl (C=O) groups is 1. The molecule has 1 N–H and O–H groups in total. The number of likely N-dealkylation sites (tertiary alicyclic amines) is 1. The van der Waals surface area contributed by atoms with Gasteiger partial charge in [0.25, 0.3) is 0 Å². The van der Waals surface area contributed by atoms with Crippen molar-refractivity contribution in [3.63, 3.8) is 0 Å². The van der Waals surface area contributed by atoms with Crippen LogP contribution in [0.2, 0.25) is 0 Å². The summed E-state index contributed by atoms with van der Waals surface area (Å²) >= 11 is 1.39. The lowest BCUT2D eigenvalue weighted by molar-refractivity contribution is -0.113. The molecule has 2 aromatic carbocycles. The molecule has 2 heterocycles. The molecule has 1 aromatic heterocycles. The first kappa shape index (κ1) is 19.7. The summed E-state index contributed by atoms with van der Waals surface area (Å²) < 4.78 is 1.92. The molecule has 0 bridgehead atoms. The molecular formula is C22H25N5OS. The van der Waals surface area contributed by atoms with Gasteiger partial charge in [-0.25, -0.2) is 0 Å². The maximum Gasteiger partial charge on any atom is 0.234 e. The van der Waals surface area contributed by atoms with Crippen LogP contribution in [0.4, 0.5) is 5.69 Å². The number of nitrogens with one attached hydrogen (secondary N) is 1. The molecule has 6 nitrogen and oxygen atoms in total. The molecular weight excluding hydrogens is 382 g/mol. The number of carbonyl (C=O) groups excluding carboxylic acids is 1. The number of thioether (sulfide) groups is 1. The molecule has 1 fully saturated rings. The number of amides is 1. The van der Waals surface area contributed by atoms with Gasteiger partial charge < -0.3 is 9.88 Å². The van der Waals surface area contributed by atoms with Gasteiger partial charge in [0.05, 0.1) is 5.75 Å². The molecule has 0 atom stereocenters. The second kappa shape index (κ2) is 9.24. The standard InChI is InChI=1S/C22H25N5OS/c1-26-21(18-7-3-2-4-8-18)24-25-22(26)29-16-20(28)23-19-11-9-17(10-12-19)15-27-13-5-6-14-27/h2-4,7-12H,5-6,13-16H2,1H3,(H,23,28). The molecule has 0 radical (unpaired) electrons. The molecule has 1 amide bonds. The summed E-state index contributed by atoms with van der Waals surface area (Å²) in [6, 6.07) is 18.1. The third-order valence-corrected chi connectivity index (χ3v) is 6.06. The Bertz CT molecular complexity index is 949. The second-order valence-corrected chi connectivity index (χ2v) is 8.19. The number of benzene rings is 2. The monoisotopic (exact) mass is 407 g/mol. The Kier molecular flexibility index (Phi) is 6.27. The van der Waals surface area contributed by atoms with Gasteiger partial charge in [-0.1, -0.05) is 54.2 Å². The number of hydrogen-bond donors (Lipinski definition) is 1. The van der Waals surface area contributed by atoms with Crippen molar-refractivity contribution in [3.8, 4) is 11.4 Å². The van der Waals surface area contributed by atoms with Gasteiger partial charge in [0.2, 0.25) is 5.91 Å². The molecule has 0 aliphatic carbocycles. The lowest BCUT2D eigenvalue weighted by atomic mass is 10.2. The van der Waals surface area contributed by atoms with Crippen LogP contribution >= 0.6 is 11.8 Å². The van der Waals surface area contributed by atoms with E-state index in [0.29, 0.717) is 0 Å². The average Bonchev–Trinajstić information content (AvgIpc) is 3.38. The minimum absolute atomic E-state index is 0.0495. The second-order valence-electron chi connectivity index (χ2n) is 7.25. The summed E-state index contributed by atoms with van der Waals surface area (Å²) in [7, 11) is 1.92. The van der Waals surface area contributed by atoms with Gasteiger partial charge in [-0.15, -0.1) is 10.2 Å². The van der Waals surface area contributed by atoms with Crippen LogP contribution in [-0.2, 0) is 18.4 Å². The van der Waals surface area contributed by atoms with Crippen LogP contribution in [0.1, 0.15) is 18.4 Å². The number of nitrogens with zero attached hydrogens (tertiary/aromatic N) is 4. The molecule has 4 rings (SSSR count). The van der Waals surface area contributed by atoms with Crippen LogP contribution in [0.5, 0.6) is 0 Å². The summed E-state index contributed by atoms with van der Waals surface area (Å²) in [4.78, 5) is 14.8.